The zero-order valence-corrected chi connectivity index (χ0v) is 11.1. The van der Waals surface area contributed by atoms with Gasteiger partial charge in [-0.25, -0.2) is 4.39 Å². The van der Waals surface area contributed by atoms with Gasteiger partial charge in [-0.15, -0.1) is 11.3 Å². The van der Waals surface area contributed by atoms with Gasteiger partial charge in [0, 0.05) is 15.9 Å². The molecule has 0 amide bonds. The fourth-order valence-electron chi connectivity index (χ4n) is 1.55. The van der Waals surface area contributed by atoms with Gasteiger partial charge in [0.1, 0.15) is 5.82 Å². The molecule has 0 aliphatic carbocycles. The molecule has 0 saturated carbocycles. The Kier molecular flexibility index (Phi) is 4.05. The molecule has 0 bridgehead atoms. The van der Waals surface area contributed by atoms with E-state index >= 15 is 0 Å². The summed E-state index contributed by atoms with van der Waals surface area (Å²) in [6.07, 6.45) is 0.430. The predicted octanol–water partition coefficient (Wildman–Crippen LogP) is 4.44. The first kappa shape index (κ1) is 12.8. The van der Waals surface area contributed by atoms with Gasteiger partial charge in [0.05, 0.1) is 4.34 Å². The largest absolute Gasteiger partial charge is 0.323 e. The lowest BCUT2D eigenvalue weighted by Gasteiger charge is -2.10. The van der Waals surface area contributed by atoms with E-state index in [0.29, 0.717) is 21.3 Å². The lowest BCUT2D eigenvalue weighted by molar-refractivity contribution is 0.595. The van der Waals surface area contributed by atoms with Crippen LogP contribution in [0.3, 0.4) is 0 Å². The van der Waals surface area contributed by atoms with Crippen LogP contribution in [0, 0.1) is 5.82 Å². The molecule has 1 nitrogen and oxygen atoms in total. The van der Waals surface area contributed by atoms with E-state index in [1.54, 1.807) is 18.2 Å². The monoisotopic (exact) mass is 289 g/mol. The molecule has 1 unspecified atom stereocenters. The Morgan fingerprint density at radius 2 is 2.00 bits per heavy atom. The first-order chi connectivity index (χ1) is 8.06. The van der Waals surface area contributed by atoms with Crippen LogP contribution in [0.15, 0.2) is 30.3 Å². The zero-order valence-electron chi connectivity index (χ0n) is 8.79. The van der Waals surface area contributed by atoms with Crippen molar-refractivity contribution in [2.24, 2.45) is 5.73 Å². The van der Waals surface area contributed by atoms with Crippen LogP contribution in [0.5, 0.6) is 0 Å². The maximum atomic E-state index is 13.6. The molecule has 1 aromatic heterocycles. The highest BCUT2D eigenvalue weighted by Crippen LogP contribution is 2.28. The van der Waals surface area contributed by atoms with Crippen LogP contribution in [-0.4, -0.2) is 0 Å². The van der Waals surface area contributed by atoms with E-state index in [1.807, 2.05) is 6.07 Å². The normalized spacial score (nSPS) is 12.7. The first-order valence-corrected chi connectivity index (χ1v) is 6.58. The van der Waals surface area contributed by atoms with Crippen molar-refractivity contribution in [1.29, 1.82) is 0 Å². The molecule has 1 atom stereocenters. The number of rotatable bonds is 3. The topological polar surface area (TPSA) is 26.0 Å². The van der Waals surface area contributed by atoms with E-state index in [0.717, 1.165) is 4.88 Å². The van der Waals surface area contributed by atoms with Crippen molar-refractivity contribution in [3.63, 3.8) is 0 Å². The highest BCUT2D eigenvalue weighted by Gasteiger charge is 2.12. The van der Waals surface area contributed by atoms with Crippen molar-refractivity contribution in [3.8, 4) is 0 Å². The Morgan fingerprint density at radius 1 is 1.24 bits per heavy atom. The summed E-state index contributed by atoms with van der Waals surface area (Å²) in [4.78, 5) is 0.948. The highest BCUT2D eigenvalue weighted by molar-refractivity contribution is 7.16. The van der Waals surface area contributed by atoms with Crippen molar-refractivity contribution in [3.05, 3.63) is 55.9 Å². The molecule has 0 saturated heterocycles. The molecule has 0 aliphatic rings. The molecule has 1 heterocycles. The number of benzene rings is 1. The van der Waals surface area contributed by atoms with Crippen LogP contribution >= 0.6 is 34.5 Å². The predicted molar refractivity (Wildman–Crippen MR) is 71.4 cm³/mol. The summed E-state index contributed by atoms with van der Waals surface area (Å²) < 4.78 is 14.3. The second-order valence-corrected chi connectivity index (χ2v) is 5.87. The van der Waals surface area contributed by atoms with Crippen molar-refractivity contribution < 1.29 is 4.39 Å². The van der Waals surface area contributed by atoms with Crippen LogP contribution < -0.4 is 5.73 Å². The minimum Gasteiger partial charge on any atom is -0.323 e. The summed E-state index contributed by atoms with van der Waals surface area (Å²) in [5.74, 6) is -0.324. The standard InChI is InChI=1S/C12H10Cl2FNS/c13-8-2-1-7(9(15)6-8)5-10(16)11-3-4-12(14)17-11/h1-4,6,10H,5,16H2. The van der Waals surface area contributed by atoms with Crippen LogP contribution in [0.4, 0.5) is 4.39 Å². The average molecular weight is 290 g/mol. The first-order valence-electron chi connectivity index (χ1n) is 5.01. The van der Waals surface area contributed by atoms with E-state index in [-0.39, 0.29) is 11.9 Å². The summed E-state index contributed by atoms with van der Waals surface area (Å²) in [6.45, 7) is 0. The van der Waals surface area contributed by atoms with Crippen LogP contribution in [0.2, 0.25) is 9.36 Å². The van der Waals surface area contributed by atoms with E-state index in [2.05, 4.69) is 0 Å². The van der Waals surface area contributed by atoms with Crippen molar-refractivity contribution in [2.45, 2.75) is 12.5 Å². The number of hydrogen-bond acceptors (Lipinski definition) is 2. The summed E-state index contributed by atoms with van der Waals surface area (Å²) in [5, 5.41) is 0.388. The molecule has 2 N–H and O–H groups in total. The maximum absolute atomic E-state index is 13.6. The molecule has 90 valence electrons. The third kappa shape index (κ3) is 3.19. The smallest absolute Gasteiger partial charge is 0.127 e. The van der Waals surface area contributed by atoms with Gasteiger partial charge >= 0.3 is 0 Å². The fourth-order valence-corrected chi connectivity index (χ4v) is 2.77. The summed E-state index contributed by atoms with van der Waals surface area (Å²) >= 11 is 12.9. The fraction of sp³-hybridized carbons (Fsp3) is 0.167. The van der Waals surface area contributed by atoms with Gasteiger partial charge in [-0.2, -0.15) is 0 Å². The van der Waals surface area contributed by atoms with E-state index in [9.17, 15) is 4.39 Å². The molecule has 17 heavy (non-hydrogen) atoms. The molecule has 2 aromatic rings. The van der Waals surface area contributed by atoms with Gasteiger partial charge in [0.15, 0.2) is 0 Å². The number of hydrogen-bond donors (Lipinski definition) is 1. The third-order valence-corrected chi connectivity index (χ3v) is 4.01. The molecule has 0 spiro atoms. The molecule has 0 radical (unpaired) electrons. The molecular weight excluding hydrogens is 280 g/mol. The average Bonchev–Trinajstić information content (AvgIpc) is 2.69. The SMILES string of the molecule is NC(Cc1ccc(Cl)cc1F)c1ccc(Cl)s1. The molecular formula is C12H10Cl2FNS. The number of nitrogens with two attached hydrogens (primary N) is 1. The molecule has 0 aliphatic heterocycles. The van der Waals surface area contributed by atoms with Crippen LogP contribution in [-0.2, 0) is 6.42 Å². The molecule has 0 fully saturated rings. The van der Waals surface area contributed by atoms with Gasteiger partial charge in [-0.05, 0) is 36.2 Å². The highest BCUT2D eigenvalue weighted by atomic mass is 35.5. The second kappa shape index (κ2) is 5.36. The zero-order chi connectivity index (χ0) is 12.4. The van der Waals surface area contributed by atoms with E-state index < -0.39 is 0 Å². The van der Waals surface area contributed by atoms with E-state index in [1.165, 1.54) is 17.4 Å². The van der Waals surface area contributed by atoms with Gasteiger partial charge in [-0.1, -0.05) is 29.3 Å². The van der Waals surface area contributed by atoms with Crippen molar-refractivity contribution >= 4 is 34.5 Å². The Bertz CT molecular complexity index is 527. The second-order valence-electron chi connectivity index (χ2n) is 3.69. The quantitative estimate of drug-likeness (QED) is 0.888. The Hall–Kier alpha value is -0.610. The maximum Gasteiger partial charge on any atom is 0.127 e. The minimum atomic E-state index is -0.324. The van der Waals surface area contributed by atoms with Gasteiger partial charge in [0.2, 0.25) is 0 Å². The van der Waals surface area contributed by atoms with Crippen LogP contribution in [0.1, 0.15) is 16.5 Å². The van der Waals surface area contributed by atoms with Crippen LogP contribution in [0.25, 0.3) is 0 Å². The lowest BCUT2D eigenvalue weighted by atomic mass is 10.1. The molecule has 1 aromatic carbocycles. The Balaban J connectivity index is 2.15. The van der Waals surface area contributed by atoms with Gasteiger partial charge < -0.3 is 5.73 Å². The number of thiophene rings is 1. The summed E-state index contributed by atoms with van der Waals surface area (Å²) in [7, 11) is 0. The van der Waals surface area contributed by atoms with Gasteiger partial charge in [-0.3, -0.25) is 0 Å². The van der Waals surface area contributed by atoms with E-state index in [4.69, 9.17) is 28.9 Å². The number of halogens is 3. The summed E-state index contributed by atoms with van der Waals surface area (Å²) in [6, 6.07) is 8.03. The Labute approximate surface area is 113 Å². The Morgan fingerprint density at radius 3 is 2.59 bits per heavy atom. The van der Waals surface area contributed by atoms with Crippen molar-refractivity contribution in [1.82, 2.24) is 0 Å². The lowest BCUT2D eigenvalue weighted by Crippen LogP contribution is -2.12. The summed E-state index contributed by atoms with van der Waals surface area (Å²) in [5.41, 5.74) is 6.56. The van der Waals surface area contributed by atoms with Gasteiger partial charge in [0.25, 0.3) is 0 Å². The molecule has 2 rings (SSSR count). The third-order valence-electron chi connectivity index (χ3n) is 2.41. The van der Waals surface area contributed by atoms with Crippen molar-refractivity contribution in [2.75, 3.05) is 0 Å². The molecule has 5 heteroatoms. The minimum absolute atomic E-state index is 0.247.